The Morgan fingerprint density at radius 3 is 2.18 bits per heavy atom. The van der Waals surface area contributed by atoms with Gasteiger partial charge in [0.05, 0.1) is 32.0 Å². The lowest BCUT2D eigenvalue weighted by Gasteiger charge is -2.14. The first kappa shape index (κ1) is 34.5. The number of aliphatic hydroxyl groups excluding tert-OH is 1. The third-order valence-electron chi connectivity index (χ3n) is 7.37. The van der Waals surface area contributed by atoms with Crippen LogP contribution in [-0.4, -0.2) is 43.5 Å². The fourth-order valence-electron chi connectivity index (χ4n) is 4.88. The van der Waals surface area contributed by atoms with Gasteiger partial charge in [0.1, 0.15) is 5.75 Å². The Balaban J connectivity index is 1.76. The average Bonchev–Trinajstić information content (AvgIpc) is 3.01. The summed E-state index contributed by atoms with van der Waals surface area (Å²) in [6.45, 7) is 13.6. The second-order valence-electron chi connectivity index (χ2n) is 11.1. The van der Waals surface area contributed by atoms with Gasteiger partial charge in [-0.1, -0.05) is 81.5 Å². The standard InChI is InChI=1S/C38H46O6/c1-6-7-8-11-30-13-19-35(28(4)24-30)32-16-14-31(15-17-32)33-18-20-36(44-38(41)29(5)26-42-23-21-39)34(25-33)12-9-10-22-43-37(40)27(2)3/h13-20,24-25,39H,2,5-12,21-23,26H2,1,3-4H3. The number of esters is 2. The minimum Gasteiger partial charge on any atom is -0.462 e. The minimum atomic E-state index is -0.580. The van der Waals surface area contributed by atoms with E-state index >= 15 is 0 Å². The Morgan fingerprint density at radius 2 is 1.50 bits per heavy atom. The molecule has 3 aromatic rings. The zero-order valence-electron chi connectivity index (χ0n) is 26.5. The predicted molar refractivity (Wildman–Crippen MR) is 177 cm³/mol. The summed E-state index contributed by atoms with van der Waals surface area (Å²) in [7, 11) is 0. The van der Waals surface area contributed by atoms with Gasteiger partial charge in [-0.25, -0.2) is 9.59 Å². The molecule has 3 rings (SSSR count). The van der Waals surface area contributed by atoms with E-state index in [1.807, 2.05) is 12.1 Å². The van der Waals surface area contributed by atoms with Crippen molar-refractivity contribution in [2.45, 2.75) is 65.7 Å². The lowest BCUT2D eigenvalue weighted by Crippen LogP contribution is -2.16. The molecule has 0 aliphatic carbocycles. The first-order valence-corrected chi connectivity index (χ1v) is 15.5. The van der Waals surface area contributed by atoms with E-state index < -0.39 is 11.9 Å². The van der Waals surface area contributed by atoms with Gasteiger partial charge in [-0.15, -0.1) is 0 Å². The van der Waals surface area contributed by atoms with Crippen molar-refractivity contribution in [3.63, 3.8) is 0 Å². The molecule has 0 saturated heterocycles. The van der Waals surface area contributed by atoms with Crippen molar-refractivity contribution in [1.82, 2.24) is 0 Å². The lowest BCUT2D eigenvalue weighted by molar-refractivity contribution is -0.139. The van der Waals surface area contributed by atoms with Crippen LogP contribution in [0.1, 0.15) is 62.6 Å². The maximum absolute atomic E-state index is 12.7. The monoisotopic (exact) mass is 598 g/mol. The molecule has 0 saturated carbocycles. The highest BCUT2D eigenvalue weighted by atomic mass is 16.5. The number of unbranched alkanes of at least 4 members (excludes halogenated alkanes) is 3. The molecule has 0 unspecified atom stereocenters. The van der Waals surface area contributed by atoms with Gasteiger partial charge in [0.15, 0.2) is 0 Å². The number of rotatable bonds is 18. The van der Waals surface area contributed by atoms with Crippen LogP contribution in [0.25, 0.3) is 22.3 Å². The van der Waals surface area contributed by atoms with Gasteiger partial charge in [0, 0.05) is 5.57 Å². The topological polar surface area (TPSA) is 82.1 Å². The lowest BCUT2D eigenvalue weighted by atomic mass is 9.94. The number of aryl methyl sites for hydroxylation is 3. The van der Waals surface area contributed by atoms with E-state index in [0.29, 0.717) is 30.8 Å². The van der Waals surface area contributed by atoms with E-state index in [4.69, 9.17) is 19.3 Å². The number of benzene rings is 3. The summed E-state index contributed by atoms with van der Waals surface area (Å²) in [5.41, 5.74) is 8.53. The van der Waals surface area contributed by atoms with Crippen molar-refractivity contribution in [1.29, 1.82) is 0 Å². The minimum absolute atomic E-state index is 0.0195. The number of hydrogen-bond acceptors (Lipinski definition) is 6. The molecule has 234 valence electrons. The van der Waals surface area contributed by atoms with E-state index in [0.717, 1.165) is 29.5 Å². The molecule has 3 aromatic carbocycles. The van der Waals surface area contributed by atoms with Crippen LogP contribution in [0.15, 0.2) is 85.0 Å². The van der Waals surface area contributed by atoms with Crippen molar-refractivity contribution >= 4 is 11.9 Å². The zero-order valence-corrected chi connectivity index (χ0v) is 26.5. The molecule has 0 fully saturated rings. The van der Waals surface area contributed by atoms with Gasteiger partial charge in [0.2, 0.25) is 0 Å². The van der Waals surface area contributed by atoms with Crippen LogP contribution >= 0.6 is 0 Å². The summed E-state index contributed by atoms with van der Waals surface area (Å²) in [5.74, 6) is -0.527. The Labute approximate surface area is 262 Å². The summed E-state index contributed by atoms with van der Waals surface area (Å²) in [6.07, 6.45) is 6.83. The van der Waals surface area contributed by atoms with Crippen molar-refractivity contribution < 1.29 is 28.9 Å². The summed E-state index contributed by atoms with van der Waals surface area (Å²) in [4.78, 5) is 24.4. The van der Waals surface area contributed by atoms with Crippen molar-refractivity contribution in [2.75, 3.05) is 26.4 Å². The summed E-state index contributed by atoms with van der Waals surface area (Å²) in [6, 6.07) is 21.1. The molecule has 1 N–H and O–H groups in total. The van der Waals surface area contributed by atoms with Crippen LogP contribution in [-0.2, 0) is 31.9 Å². The highest BCUT2D eigenvalue weighted by molar-refractivity contribution is 5.90. The van der Waals surface area contributed by atoms with Gasteiger partial charge in [-0.3, -0.25) is 0 Å². The summed E-state index contributed by atoms with van der Waals surface area (Å²) >= 11 is 0. The van der Waals surface area contributed by atoms with Crippen LogP contribution in [0.4, 0.5) is 0 Å². The quantitative estimate of drug-likeness (QED) is 0.0692. The SMILES string of the molecule is C=C(C)C(=O)OCCCCc1cc(-c2ccc(-c3ccc(CCCCC)cc3C)cc2)ccc1OC(=O)C(=C)COCCO. The Kier molecular flexibility index (Phi) is 14.1. The van der Waals surface area contributed by atoms with Gasteiger partial charge in [-0.2, -0.15) is 0 Å². The van der Waals surface area contributed by atoms with Gasteiger partial charge in [0.25, 0.3) is 0 Å². The Bertz CT molecular complexity index is 1420. The molecule has 0 atom stereocenters. The van der Waals surface area contributed by atoms with Crippen LogP contribution in [0.2, 0.25) is 0 Å². The zero-order chi connectivity index (χ0) is 31.9. The van der Waals surface area contributed by atoms with Crippen LogP contribution < -0.4 is 4.74 Å². The Hall–Kier alpha value is -4.00. The second-order valence-corrected chi connectivity index (χ2v) is 11.1. The van der Waals surface area contributed by atoms with Crippen LogP contribution in [0, 0.1) is 6.92 Å². The summed E-state index contributed by atoms with van der Waals surface area (Å²) < 4.78 is 16.1. The third kappa shape index (κ3) is 10.6. The molecule has 0 spiro atoms. The molecule has 6 heteroatoms. The van der Waals surface area contributed by atoms with E-state index in [9.17, 15) is 9.59 Å². The van der Waals surface area contributed by atoms with E-state index in [1.165, 1.54) is 41.5 Å². The van der Waals surface area contributed by atoms with Crippen molar-refractivity contribution in [3.05, 3.63) is 102 Å². The first-order valence-electron chi connectivity index (χ1n) is 15.5. The van der Waals surface area contributed by atoms with Crippen LogP contribution in [0.3, 0.4) is 0 Å². The largest absolute Gasteiger partial charge is 0.462 e. The number of carbonyl (C=O) groups is 2. The maximum Gasteiger partial charge on any atom is 0.341 e. The molecule has 0 radical (unpaired) electrons. The number of aliphatic hydroxyl groups is 1. The highest BCUT2D eigenvalue weighted by Crippen LogP contribution is 2.31. The van der Waals surface area contributed by atoms with Crippen LogP contribution in [0.5, 0.6) is 5.75 Å². The van der Waals surface area contributed by atoms with Crippen molar-refractivity contribution in [3.8, 4) is 28.0 Å². The van der Waals surface area contributed by atoms with Gasteiger partial charge < -0.3 is 19.3 Å². The van der Waals surface area contributed by atoms with E-state index in [2.05, 4.69) is 69.5 Å². The fourth-order valence-corrected chi connectivity index (χ4v) is 4.88. The number of hydrogen-bond donors (Lipinski definition) is 1. The predicted octanol–water partition coefficient (Wildman–Crippen LogP) is 7.97. The normalized spacial score (nSPS) is 10.8. The summed E-state index contributed by atoms with van der Waals surface area (Å²) in [5, 5.41) is 8.91. The molecular weight excluding hydrogens is 552 g/mol. The van der Waals surface area contributed by atoms with Gasteiger partial charge >= 0.3 is 11.9 Å². The first-order chi connectivity index (χ1) is 21.2. The molecule has 0 aliphatic rings. The molecule has 0 aromatic heterocycles. The highest BCUT2D eigenvalue weighted by Gasteiger charge is 2.15. The number of carbonyl (C=O) groups excluding carboxylic acids is 2. The van der Waals surface area contributed by atoms with E-state index in [-0.39, 0.29) is 25.4 Å². The smallest absolute Gasteiger partial charge is 0.341 e. The molecular formula is C38H46O6. The Morgan fingerprint density at radius 1 is 0.795 bits per heavy atom. The third-order valence-corrected chi connectivity index (χ3v) is 7.37. The molecule has 0 aliphatic heterocycles. The van der Waals surface area contributed by atoms with E-state index in [1.54, 1.807) is 13.0 Å². The fraction of sp³-hybridized carbons (Fsp3) is 0.368. The average molecular weight is 599 g/mol. The molecule has 0 heterocycles. The number of ether oxygens (including phenoxy) is 3. The maximum atomic E-state index is 12.7. The molecule has 6 nitrogen and oxygen atoms in total. The second kappa shape index (κ2) is 18.0. The molecule has 0 bridgehead atoms. The molecule has 44 heavy (non-hydrogen) atoms. The molecule has 0 amide bonds. The van der Waals surface area contributed by atoms with Crippen molar-refractivity contribution in [2.24, 2.45) is 0 Å². The van der Waals surface area contributed by atoms with Gasteiger partial charge in [-0.05, 0) is 97.0 Å².